The van der Waals surface area contributed by atoms with Crippen LogP contribution in [0.1, 0.15) is 120 Å². The van der Waals surface area contributed by atoms with Crippen molar-refractivity contribution in [3.05, 3.63) is 45.5 Å². The average Bonchev–Trinajstić information content (AvgIpc) is 3.67. The van der Waals surface area contributed by atoms with Gasteiger partial charge in [-0.05, 0) is 105 Å². The molecule has 2 aliphatic carbocycles. The highest BCUT2D eigenvalue weighted by atomic mass is 32.2. The number of benzene rings is 1. The van der Waals surface area contributed by atoms with E-state index in [0.717, 1.165) is 25.0 Å². The number of nitrogens with zero attached hydrogens (tertiary/aromatic N) is 4. The fourth-order valence-electron chi connectivity index (χ4n) is 5.35. The molecule has 1 heterocycles. The van der Waals surface area contributed by atoms with Crippen molar-refractivity contribution in [2.45, 2.75) is 155 Å². The summed E-state index contributed by atoms with van der Waals surface area (Å²) >= 11 is 1.32. The second kappa shape index (κ2) is 19.9. The minimum absolute atomic E-state index is 0.00824. The van der Waals surface area contributed by atoms with Gasteiger partial charge >= 0.3 is 11.8 Å². The van der Waals surface area contributed by atoms with E-state index >= 15 is 0 Å². The van der Waals surface area contributed by atoms with Crippen molar-refractivity contribution < 1.29 is 42.9 Å². The van der Waals surface area contributed by atoms with Crippen molar-refractivity contribution in [1.82, 2.24) is 9.97 Å². The van der Waals surface area contributed by atoms with Crippen LogP contribution in [0.2, 0.25) is 0 Å². The zero-order valence-corrected chi connectivity index (χ0v) is 33.8. The van der Waals surface area contributed by atoms with Crippen molar-refractivity contribution in [1.29, 1.82) is 0 Å². The minimum atomic E-state index is -1.50. The molecule has 1 aromatic heterocycles. The minimum Gasteiger partial charge on any atom is -0.443 e. The Labute approximate surface area is 316 Å². The van der Waals surface area contributed by atoms with Crippen molar-refractivity contribution in [2.75, 3.05) is 29.2 Å². The number of thioether (sulfide) groups is 1. The number of ether oxygens (including phenoxy) is 3. The summed E-state index contributed by atoms with van der Waals surface area (Å²) in [4.78, 5) is 36.2. The van der Waals surface area contributed by atoms with Crippen LogP contribution in [-0.4, -0.2) is 85.3 Å². The maximum absolute atomic E-state index is 14.1. The van der Waals surface area contributed by atoms with Crippen molar-refractivity contribution in [3.8, 4) is 0 Å². The summed E-state index contributed by atoms with van der Waals surface area (Å²) in [5.41, 5.74) is -1.16. The lowest BCUT2D eigenvalue weighted by Gasteiger charge is -2.27. The van der Waals surface area contributed by atoms with E-state index in [0.29, 0.717) is 43.8 Å². The Kier molecular flexibility index (Phi) is 17.3. The van der Waals surface area contributed by atoms with Gasteiger partial charge in [-0.1, -0.05) is 38.6 Å². The second-order valence-corrected chi connectivity index (χ2v) is 16.2. The summed E-state index contributed by atoms with van der Waals surface area (Å²) in [6.07, 6.45) is 2.37. The molecule has 0 spiro atoms. The van der Waals surface area contributed by atoms with E-state index in [4.69, 9.17) is 24.4 Å². The van der Waals surface area contributed by atoms with Crippen LogP contribution in [0.4, 0.5) is 30.9 Å². The van der Waals surface area contributed by atoms with E-state index in [2.05, 4.69) is 15.3 Å². The molecule has 13 nitrogen and oxygen atoms in total. The maximum atomic E-state index is 14.1. The number of amides is 1. The summed E-state index contributed by atoms with van der Waals surface area (Å²) < 4.78 is 45.3. The van der Waals surface area contributed by atoms with Gasteiger partial charge in [0, 0.05) is 23.8 Å². The Morgan fingerprint density at radius 2 is 1.66 bits per heavy atom. The molecule has 1 amide bonds. The first-order chi connectivity index (χ1) is 24.6. The maximum Gasteiger partial charge on any atom is 0.416 e. The van der Waals surface area contributed by atoms with Gasteiger partial charge in [-0.3, -0.25) is 15.0 Å². The van der Waals surface area contributed by atoms with Gasteiger partial charge in [0.25, 0.3) is 0 Å². The smallest absolute Gasteiger partial charge is 0.416 e. The molecule has 0 bridgehead atoms. The number of hydrogen-bond acceptors (Lipinski definition) is 12. The third kappa shape index (κ3) is 16.0. The average molecular weight is 772 g/mol. The highest BCUT2D eigenvalue weighted by Crippen LogP contribution is 2.49. The van der Waals surface area contributed by atoms with Crippen molar-refractivity contribution in [3.63, 3.8) is 0 Å². The van der Waals surface area contributed by atoms with Gasteiger partial charge in [-0.25, -0.2) is 13.6 Å². The summed E-state index contributed by atoms with van der Waals surface area (Å²) in [5.74, 6) is -3.44. The van der Waals surface area contributed by atoms with Crippen LogP contribution in [-0.2, 0) is 14.2 Å². The topological polar surface area (TPSA) is 169 Å². The number of carbonyl (C=O) groups excluding carboxylic acids is 1. The molecule has 2 fully saturated rings. The number of nitrogens with one attached hydrogen (secondary N) is 1. The van der Waals surface area contributed by atoms with E-state index in [1.165, 1.54) is 36.6 Å². The molecule has 0 aliphatic heterocycles. The Morgan fingerprint density at radius 1 is 1.02 bits per heavy atom. The predicted octanol–water partition coefficient (Wildman–Crippen LogP) is 8.36. The van der Waals surface area contributed by atoms with Gasteiger partial charge < -0.3 is 29.7 Å². The Bertz CT molecular complexity index is 1490. The van der Waals surface area contributed by atoms with Crippen LogP contribution in [0.3, 0.4) is 0 Å². The molecule has 2 aliphatic rings. The van der Waals surface area contributed by atoms with E-state index < -0.39 is 51.7 Å². The second-order valence-electron chi connectivity index (χ2n) is 15.2. The Morgan fingerprint density at radius 3 is 2.21 bits per heavy atom. The van der Waals surface area contributed by atoms with Crippen molar-refractivity contribution in [2.24, 2.45) is 0 Å². The van der Waals surface area contributed by atoms with Crippen LogP contribution in [0.25, 0.3) is 0 Å². The van der Waals surface area contributed by atoms with Gasteiger partial charge in [-0.2, -0.15) is 9.97 Å². The van der Waals surface area contributed by atoms with Crippen LogP contribution in [0, 0.1) is 21.7 Å². The monoisotopic (exact) mass is 771 g/mol. The van der Waals surface area contributed by atoms with Gasteiger partial charge in [-0.15, -0.1) is 0 Å². The number of aromatic nitrogens is 2. The van der Waals surface area contributed by atoms with E-state index in [9.17, 15) is 23.7 Å². The first-order valence-electron chi connectivity index (χ1n) is 18.2. The molecular weight excluding hydrogens is 712 g/mol. The van der Waals surface area contributed by atoms with Crippen LogP contribution < -0.4 is 10.2 Å². The molecule has 0 radical (unpaired) electrons. The lowest BCUT2D eigenvalue weighted by atomic mass is 10.1. The molecular formula is C37H59F2N5O8S. The third-order valence-corrected chi connectivity index (χ3v) is 8.49. The molecule has 2 saturated carbocycles. The van der Waals surface area contributed by atoms with Gasteiger partial charge in [0.15, 0.2) is 22.6 Å². The summed E-state index contributed by atoms with van der Waals surface area (Å²) in [7, 11) is 0. The number of carbonyl (C=O) groups is 1. The Hall–Kier alpha value is -3.18. The number of rotatable bonds is 13. The number of hydrogen-bond donors (Lipinski definition) is 3. The largest absolute Gasteiger partial charge is 0.443 e. The van der Waals surface area contributed by atoms with Crippen molar-refractivity contribution >= 4 is 35.2 Å². The number of halogens is 2. The summed E-state index contributed by atoms with van der Waals surface area (Å²) in [6, 6.07) is 2.77. The van der Waals surface area contributed by atoms with Gasteiger partial charge in [0.2, 0.25) is 11.6 Å². The lowest BCUT2D eigenvalue weighted by Crippen LogP contribution is -2.40. The van der Waals surface area contributed by atoms with Gasteiger partial charge in [0.1, 0.15) is 5.60 Å². The molecule has 0 saturated heterocycles. The number of anilines is 2. The summed E-state index contributed by atoms with van der Waals surface area (Å²) in [6.45, 7) is 20.5. The molecule has 1 aromatic carbocycles. The highest BCUT2D eigenvalue weighted by molar-refractivity contribution is 7.99. The molecule has 3 unspecified atom stereocenters. The molecule has 4 rings (SSSR count). The lowest BCUT2D eigenvalue weighted by molar-refractivity contribution is -0.383. The highest BCUT2D eigenvalue weighted by Gasteiger charge is 2.50. The number of aliphatic hydroxyl groups is 2. The van der Waals surface area contributed by atoms with Crippen LogP contribution in [0.5, 0.6) is 0 Å². The van der Waals surface area contributed by atoms with Crippen LogP contribution in [0.15, 0.2) is 23.4 Å². The zero-order chi connectivity index (χ0) is 40.3. The molecule has 4 atom stereocenters. The fraction of sp³-hybridized carbons (Fsp3) is 0.703. The molecule has 300 valence electrons. The molecule has 16 heteroatoms. The molecule has 2 aromatic rings. The quantitative estimate of drug-likeness (QED) is 0.0445. The summed E-state index contributed by atoms with van der Waals surface area (Å²) in [5, 5.41) is 32.4. The third-order valence-electron chi connectivity index (χ3n) is 7.44. The molecule has 3 N–H and O–H groups in total. The fourth-order valence-corrected chi connectivity index (χ4v) is 6.05. The first kappa shape index (κ1) is 46.0. The standard InChI is InChI=1S/C32H45F2N5O6S.C3H8O2.C2H6/c1-8-15-46-29-36-27(35-20-10-11-21(17-20)43-13-14-44-31(2,3)4)26(39(41)42)28(37-29)38(30(40)45-32(5,6)7)25-18-22(25)19-9-12-23(33)24(34)16-19;1-3(2,4)5;1-2/h9,12,16,20-22,25H,8,10-11,13-15,17-18H2,1-7H3,(H,35,36,37);4-5H,1-2H3;1-2H3/t20?,21?,22-,25?;;/m0../s1. The van der Waals surface area contributed by atoms with Gasteiger partial charge in [0.05, 0.1) is 29.8 Å². The van der Waals surface area contributed by atoms with E-state index in [1.54, 1.807) is 20.8 Å². The Balaban J connectivity index is 0.00000128. The zero-order valence-electron chi connectivity index (χ0n) is 33.0. The van der Waals surface area contributed by atoms with E-state index in [-0.39, 0.29) is 34.5 Å². The van der Waals surface area contributed by atoms with Crippen LogP contribution >= 0.6 is 11.8 Å². The molecule has 53 heavy (non-hydrogen) atoms. The number of nitro groups is 1. The normalized spacial score (nSPS) is 19.7. The predicted molar refractivity (Wildman–Crippen MR) is 202 cm³/mol. The first-order valence-corrected chi connectivity index (χ1v) is 19.2. The van der Waals surface area contributed by atoms with E-state index in [1.807, 2.05) is 41.5 Å². The SMILES string of the molecule is CC.CC(C)(O)O.CCCSc1nc(NC2CCC(OCCOC(C)(C)C)C2)c([N+](=O)[O-])c(N(C(=O)OC(C)(C)C)C2C[C@H]2c2ccc(F)c(F)c2)n1.